The molecule has 3 N–H and O–H groups in total. The van der Waals surface area contributed by atoms with E-state index in [0.717, 1.165) is 24.8 Å². The van der Waals surface area contributed by atoms with Crippen molar-refractivity contribution in [1.82, 2.24) is 10.6 Å². The molecule has 0 radical (unpaired) electrons. The zero-order valence-electron chi connectivity index (χ0n) is 26.2. The van der Waals surface area contributed by atoms with Crippen LogP contribution in [0.1, 0.15) is 80.6 Å². The summed E-state index contributed by atoms with van der Waals surface area (Å²) in [5.41, 5.74) is -0.0830. The largest absolute Gasteiger partial charge is 0.459 e. The number of carbonyl (C=O) groups excluding carboxylic acids is 3. The first-order chi connectivity index (χ1) is 19.8. The molecule has 0 spiro atoms. The van der Waals surface area contributed by atoms with Gasteiger partial charge < -0.3 is 30.0 Å². The molecule has 0 aromatic carbocycles. The molecule has 0 aromatic heterocycles. The van der Waals surface area contributed by atoms with Gasteiger partial charge in [0.15, 0.2) is 0 Å². The van der Waals surface area contributed by atoms with Crippen LogP contribution in [0.3, 0.4) is 0 Å². The molecular weight excluding hydrogens is 560 g/mol. The number of rotatable bonds is 13. The van der Waals surface area contributed by atoms with Crippen LogP contribution >= 0.6 is 11.6 Å². The summed E-state index contributed by atoms with van der Waals surface area (Å²) < 4.78 is 17.5. The number of hydrogen-bond donors (Lipinski definition) is 3. The highest BCUT2D eigenvalue weighted by Gasteiger charge is 2.45. The predicted molar refractivity (Wildman–Crippen MR) is 164 cm³/mol. The van der Waals surface area contributed by atoms with Gasteiger partial charge in [0.05, 0.1) is 48.4 Å². The lowest BCUT2D eigenvalue weighted by molar-refractivity contribution is -0.162. The van der Waals surface area contributed by atoms with Crippen molar-refractivity contribution in [2.45, 2.75) is 123 Å². The zero-order chi connectivity index (χ0) is 31.4. The fraction of sp³-hybridized carbons (Fsp3) is 0.719. The van der Waals surface area contributed by atoms with Gasteiger partial charge in [-0.15, -0.1) is 11.6 Å². The molecule has 9 atom stereocenters. The molecule has 42 heavy (non-hydrogen) atoms. The molecule has 9 nitrogen and oxygen atoms in total. The summed E-state index contributed by atoms with van der Waals surface area (Å²) in [6, 6.07) is -0.120. The van der Waals surface area contributed by atoms with E-state index in [-0.39, 0.29) is 60.3 Å². The minimum atomic E-state index is -1.12. The van der Waals surface area contributed by atoms with Crippen LogP contribution in [0.15, 0.2) is 36.0 Å². The highest BCUT2D eigenvalue weighted by molar-refractivity contribution is 6.18. The lowest BCUT2D eigenvalue weighted by Gasteiger charge is -2.44. The van der Waals surface area contributed by atoms with Crippen molar-refractivity contribution in [3.05, 3.63) is 36.0 Å². The summed E-state index contributed by atoms with van der Waals surface area (Å²) in [6.07, 6.45) is 10.4. The van der Waals surface area contributed by atoms with Gasteiger partial charge in [-0.05, 0) is 52.0 Å². The molecule has 2 fully saturated rings. The van der Waals surface area contributed by atoms with E-state index in [2.05, 4.69) is 23.6 Å². The maximum absolute atomic E-state index is 12.4. The van der Waals surface area contributed by atoms with Gasteiger partial charge in [-0.25, -0.2) is 0 Å². The minimum Gasteiger partial charge on any atom is -0.459 e. The van der Waals surface area contributed by atoms with Crippen LogP contribution in [0, 0.1) is 11.8 Å². The fourth-order valence-electron chi connectivity index (χ4n) is 5.41. The Morgan fingerprint density at radius 3 is 2.52 bits per heavy atom. The van der Waals surface area contributed by atoms with Crippen LogP contribution in [-0.2, 0) is 28.6 Å². The van der Waals surface area contributed by atoms with Gasteiger partial charge in [-0.1, -0.05) is 44.6 Å². The first kappa shape index (κ1) is 36.0. The lowest BCUT2D eigenvalue weighted by atomic mass is 9.78. The SMILES string of the molecule is CCCNC(=O)CC1CC(O)(CCl)C(C)C(C=CC(C)=CCC2OC(C)C(NC(=O)C=CC(C)OC(C)=O)CC2C)O1. The monoisotopic (exact) mass is 610 g/mol. The molecule has 0 aliphatic carbocycles. The Balaban J connectivity index is 1.94. The molecule has 2 aliphatic heterocycles. The molecule has 0 bridgehead atoms. The number of aliphatic hydroxyl groups is 1. The Kier molecular flexibility index (Phi) is 14.7. The molecule has 2 rings (SSSR count). The number of amides is 2. The third-order valence-electron chi connectivity index (χ3n) is 8.12. The molecule has 0 aromatic rings. The van der Waals surface area contributed by atoms with Gasteiger partial charge in [0.2, 0.25) is 11.8 Å². The summed E-state index contributed by atoms with van der Waals surface area (Å²) in [6.45, 7) is 13.7. The van der Waals surface area contributed by atoms with Crippen LogP contribution < -0.4 is 10.6 Å². The van der Waals surface area contributed by atoms with E-state index in [4.69, 9.17) is 25.8 Å². The zero-order valence-corrected chi connectivity index (χ0v) is 27.0. The second kappa shape index (κ2) is 17.2. The van der Waals surface area contributed by atoms with Crippen LogP contribution in [0.5, 0.6) is 0 Å². The maximum Gasteiger partial charge on any atom is 0.303 e. The Morgan fingerprint density at radius 1 is 1.17 bits per heavy atom. The standard InChI is InChI=1S/C32H51ClN2O7/c1-8-15-34-31(38)17-26-18-32(39,19-33)23(5)29(42-26)13-10-20(2)9-12-28-21(3)16-27(24(6)41-28)35-30(37)14-11-22(4)40-25(7)36/h9-11,13-14,21-24,26-29,39H,8,12,15-19H2,1-7H3,(H,34,38)(H,35,37). The van der Waals surface area contributed by atoms with Crippen LogP contribution in [-0.4, -0.2) is 77.5 Å². The van der Waals surface area contributed by atoms with Gasteiger partial charge in [0, 0.05) is 31.9 Å². The van der Waals surface area contributed by atoms with E-state index in [0.29, 0.717) is 13.0 Å². The molecule has 2 amide bonds. The molecule has 9 unspecified atom stereocenters. The van der Waals surface area contributed by atoms with Crippen LogP contribution in [0.2, 0.25) is 0 Å². The number of carbonyl (C=O) groups is 3. The van der Waals surface area contributed by atoms with E-state index in [1.807, 2.05) is 39.8 Å². The average Bonchev–Trinajstić information content (AvgIpc) is 2.92. The van der Waals surface area contributed by atoms with Crippen LogP contribution in [0.4, 0.5) is 0 Å². The third-order valence-corrected chi connectivity index (χ3v) is 8.59. The number of halogens is 1. The molecule has 0 saturated carbocycles. The van der Waals surface area contributed by atoms with Gasteiger partial charge in [-0.2, -0.15) is 0 Å². The first-order valence-corrected chi connectivity index (χ1v) is 15.7. The molecule has 2 aliphatic rings. The molecule has 2 heterocycles. The Hall–Kier alpha value is -2.20. The van der Waals surface area contributed by atoms with Gasteiger partial charge in [0.1, 0.15) is 6.10 Å². The number of ether oxygens (including phenoxy) is 3. The van der Waals surface area contributed by atoms with Crippen molar-refractivity contribution in [3.8, 4) is 0 Å². The fourth-order valence-corrected chi connectivity index (χ4v) is 5.76. The average molecular weight is 611 g/mol. The van der Waals surface area contributed by atoms with Gasteiger partial charge in [0.25, 0.3) is 0 Å². The summed E-state index contributed by atoms with van der Waals surface area (Å²) in [7, 11) is 0. The summed E-state index contributed by atoms with van der Waals surface area (Å²) in [5, 5.41) is 17.1. The van der Waals surface area contributed by atoms with E-state index in [1.54, 1.807) is 13.0 Å². The number of esters is 1. The number of alkyl halides is 1. The number of hydrogen-bond acceptors (Lipinski definition) is 7. The van der Waals surface area contributed by atoms with E-state index >= 15 is 0 Å². The highest BCUT2D eigenvalue weighted by Crippen LogP contribution is 2.37. The normalized spacial score (nSPS) is 33.0. The minimum absolute atomic E-state index is 0.00763. The Labute approximate surface area is 256 Å². The number of allylic oxidation sites excluding steroid dienone is 2. The van der Waals surface area contributed by atoms with Crippen molar-refractivity contribution in [1.29, 1.82) is 0 Å². The van der Waals surface area contributed by atoms with E-state index in [9.17, 15) is 19.5 Å². The topological polar surface area (TPSA) is 123 Å². The quantitative estimate of drug-likeness (QED) is 0.122. The van der Waals surface area contributed by atoms with Crippen molar-refractivity contribution in [2.24, 2.45) is 11.8 Å². The third kappa shape index (κ3) is 11.5. The smallest absolute Gasteiger partial charge is 0.303 e. The molecule has 238 valence electrons. The van der Waals surface area contributed by atoms with E-state index in [1.165, 1.54) is 13.0 Å². The lowest BCUT2D eigenvalue weighted by Crippen LogP contribution is -2.53. The highest BCUT2D eigenvalue weighted by atomic mass is 35.5. The van der Waals surface area contributed by atoms with Gasteiger partial charge in [-0.3, -0.25) is 14.4 Å². The second-order valence-corrected chi connectivity index (χ2v) is 12.2. The van der Waals surface area contributed by atoms with E-state index < -0.39 is 23.8 Å². The summed E-state index contributed by atoms with van der Waals surface area (Å²) in [5.74, 6) is -0.662. The first-order valence-electron chi connectivity index (χ1n) is 15.1. The van der Waals surface area contributed by atoms with Crippen molar-refractivity contribution < 1.29 is 33.7 Å². The second-order valence-electron chi connectivity index (χ2n) is 11.9. The van der Waals surface area contributed by atoms with Gasteiger partial charge >= 0.3 is 5.97 Å². The molecule has 2 saturated heterocycles. The number of nitrogens with one attached hydrogen (secondary N) is 2. The van der Waals surface area contributed by atoms with Crippen molar-refractivity contribution in [3.63, 3.8) is 0 Å². The summed E-state index contributed by atoms with van der Waals surface area (Å²) in [4.78, 5) is 35.7. The van der Waals surface area contributed by atoms with Crippen molar-refractivity contribution >= 4 is 29.4 Å². The maximum atomic E-state index is 12.4. The summed E-state index contributed by atoms with van der Waals surface area (Å²) >= 11 is 6.18. The van der Waals surface area contributed by atoms with Crippen molar-refractivity contribution in [2.75, 3.05) is 12.4 Å². The molecular formula is C32H51ClN2O7. The Bertz CT molecular complexity index is 999. The Morgan fingerprint density at radius 2 is 1.88 bits per heavy atom. The van der Waals surface area contributed by atoms with Crippen LogP contribution in [0.25, 0.3) is 0 Å². The predicted octanol–water partition coefficient (Wildman–Crippen LogP) is 4.36. The molecule has 10 heteroatoms.